The van der Waals surface area contributed by atoms with Gasteiger partial charge in [-0.2, -0.15) is 0 Å². The van der Waals surface area contributed by atoms with Crippen LogP contribution >= 0.6 is 0 Å². The predicted octanol–water partition coefficient (Wildman–Crippen LogP) is 5.14. The van der Waals surface area contributed by atoms with Gasteiger partial charge in [0.05, 0.1) is 23.6 Å². The van der Waals surface area contributed by atoms with Crippen LogP contribution in [0.2, 0.25) is 0 Å². The molecule has 140 valence electrons. The second-order valence-corrected chi connectivity index (χ2v) is 8.31. The second kappa shape index (κ2) is 6.32. The first-order chi connectivity index (χ1) is 13.1. The Balaban J connectivity index is 1.47. The fourth-order valence-electron chi connectivity index (χ4n) is 4.10. The number of alkyl halides is 1. The van der Waals surface area contributed by atoms with E-state index in [0.29, 0.717) is 11.8 Å². The van der Waals surface area contributed by atoms with E-state index in [9.17, 15) is 4.39 Å². The van der Waals surface area contributed by atoms with Crippen LogP contribution in [0.3, 0.4) is 0 Å². The Bertz CT molecular complexity index is 975. The van der Waals surface area contributed by atoms with E-state index in [1.807, 2.05) is 24.4 Å². The van der Waals surface area contributed by atoms with Crippen LogP contribution in [0, 0.1) is 0 Å². The molecule has 2 saturated carbocycles. The minimum Gasteiger partial charge on any atom is -0.364 e. The third-order valence-corrected chi connectivity index (χ3v) is 6.23. The number of halogens is 1. The lowest BCUT2D eigenvalue weighted by molar-refractivity contribution is 0.229. The highest BCUT2D eigenvalue weighted by molar-refractivity contribution is 5.62. The van der Waals surface area contributed by atoms with Crippen molar-refractivity contribution in [1.29, 1.82) is 0 Å². The van der Waals surface area contributed by atoms with Crippen molar-refractivity contribution >= 4 is 11.5 Å². The van der Waals surface area contributed by atoms with Crippen LogP contribution in [-0.2, 0) is 5.41 Å². The Morgan fingerprint density at radius 3 is 2.81 bits per heavy atom. The predicted molar refractivity (Wildman–Crippen MR) is 106 cm³/mol. The quantitative estimate of drug-likeness (QED) is 0.697. The van der Waals surface area contributed by atoms with E-state index < -0.39 is 6.17 Å². The Labute approximate surface area is 158 Å². The number of rotatable bonds is 4. The van der Waals surface area contributed by atoms with Gasteiger partial charge in [-0.15, -0.1) is 0 Å². The topological polar surface area (TPSA) is 42.2 Å². The average Bonchev–Trinajstić information content (AvgIpc) is 3.29. The Hall–Kier alpha value is -2.43. The van der Waals surface area contributed by atoms with Crippen LogP contribution in [0.5, 0.6) is 0 Å². The summed E-state index contributed by atoms with van der Waals surface area (Å²) in [4.78, 5) is 9.30. The number of nitrogens with zero attached hydrogens (tertiary/aromatic N) is 3. The van der Waals surface area contributed by atoms with Crippen molar-refractivity contribution in [2.45, 2.75) is 63.1 Å². The lowest BCUT2D eigenvalue weighted by Gasteiger charge is -2.27. The maximum atomic E-state index is 14.2. The molecule has 0 radical (unpaired) electrons. The monoisotopic (exact) mass is 364 g/mol. The largest absolute Gasteiger partial charge is 0.364 e. The summed E-state index contributed by atoms with van der Waals surface area (Å²) in [5.74, 6) is 0.738. The summed E-state index contributed by atoms with van der Waals surface area (Å²) in [6.45, 7) is 2.31. The molecule has 2 aliphatic carbocycles. The van der Waals surface area contributed by atoms with Crippen molar-refractivity contribution in [2.75, 3.05) is 5.32 Å². The molecule has 0 spiro atoms. The number of pyridine rings is 2. The Kier molecular flexibility index (Phi) is 3.92. The molecule has 3 heterocycles. The molecule has 5 heteroatoms. The van der Waals surface area contributed by atoms with E-state index in [0.717, 1.165) is 42.1 Å². The number of hydrogen-bond acceptors (Lipinski definition) is 3. The van der Waals surface area contributed by atoms with Crippen molar-refractivity contribution in [3.63, 3.8) is 0 Å². The van der Waals surface area contributed by atoms with E-state index in [2.05, 4.69) is 40.0 Å². The molecular weight excluding hydrogens is 339 g/mol. The zero-order valence-corrected chi connectivity index (χ0v) is 15.7. The highest BCUT2D eigenvalue weighted by Gasteiger charge is 2.39. The van der Waals surface area contributed by atoms with Gasteiger partial charge in [-0.1, -0.05) is 31.9 Å². The third kappa shape index (κ3) is 3.09. The van der Waals surface area contributed by atoms with Crippen molar-refractivity contribution in [3.05, 3.63) is 48.3 Å². The third-order valence-electron chi connectivity index (χ3n) is 6.23. The van der Waals surface area contributed by atoms with Crippen LogP contribution < -0.4 is 5.32 Å². The minimum absolute atomic E-state index is 0.134. The summed E-state index contributed by atoms with van der Waals surface area (Å²) < 4.78 is 16.3. The van der Waals surface area contributed by atoms with E-state index >= 15 is 0 Å². The summed E-state index contributed by atoms with van der Waals surface area (Å²) in [5.41, 5.74) is 4.42. The molecular formula is C22H25FN4. The first kappa shape index (κ1) is 16.7. The molecule has 0 unspecified atom stereocenters. The number of fused-ring (bicyclic) bond motifs is 1. The van der Waals surface area contributed by atoms with Crippen molar-refractivity contribution < 1.29 is 4.39 Å². The van der Waals surface area contributed by atoms with Crippen molar-refractivity contribution in [2.24, 2.45) is 0 Å². The molecule has 3 aromatic rings. The van der Waals surface area contributed by atoms with E-state index in [4.69, 9.17) is 4.98 Å². The van der Waals surface area contributed by atoms with E-state index in [-0.39, 0.29) is 6.04 Å². The Morgan fingerprint density at radius 2 is 2.00 bits per heavy atom. The fraction of sp³-hybridized carbons (Fsp3) is 0.455. The molecule has 2 aliphatic rings. The summed E-state index contributed by atoms with van der Waals surface area (Å²) in [6.07, 6.45) is 9.34. The average molecular weight is 364 g/mol. The van der Waals surface area contributed by atoms with Crippen molar-refractivity contribution in [3.8, 4) is 11.4 Å². The highest BCUT2D eigenvalue weighted by atomic mass is 19.1. The van der Waals surface area contributed by atoms with Crippen LogP contribution in [0.1, 0.15) is 51.0 Å². The van der Waals surface area contributed by atoms with Crippen molar-refractivity contribution in [1.82, 2.24) is 14.4 Å². The molecule has 0 saturated heterocycles. The summed E-state index contributed by atoms with van der Waals surface area (Å²) in [6, 6.07) is 10.0. The van der Waals surface area contributed by atoms with Gasteiger partial charge in [-0.25, -0.2) is 14.4 Å². The molecule has 27 heavy (non-hydrogen) atoms. The van der Waals surface area contributed by atoms with Gasteiger partial charge >= 0.3 is 0 Å². The standard InChI is InChI=1S/C22H25FN4/c1-22(11-12-22)15-9-10-21-24-13-19(27(21)14-15)18-7-4-8-20(26-18)25-17-6-3-2-5-16(17)23/h4,7-10,13-14,16-17H,2-3,5-6,11-12H2,1H3,(H,25,26)/t16-,17-/m0/s1. The number of imidazole rings is 1. The summed E-state index contributed by atoms with van der Waals surface area (Å²) in [7, 11) is 0. The molecule has 0 aromatic carbocycles. The molecule has 0 bridgehead atoms. The molecule has 4 nitrogen and oxygen atoms in total. The fourth-order valence-corrected chi connectivity index (χ4v) is 4.10. The molecule has 2 atom stereocenters. The normalized spacial score (nSPS) is 24.1. The van der Waals surface area contributed by atoms with E-state index in [1.165, 1.54) is 18.4 Å². The maximum Gasteiger partial charge on any atom is 0.137 e. The van der Waals surface area contributed by atoms with Gasteiger partial charge in [-0.05, 0) is 54.9 Å². The number of nitrogens with one attached hydrogen (secondary N) is 1. The first-order valence-corrected chi connectivity index (χ1v) is 9.98. The van der Waals surface area contributed by atoms with Gasteiger partial charge in [0.2, 0.25) is 0 Å². The molecule has 3 aromatic heterocycles. The number of anilines is 1. The minimum atomic E-state index is -0.790. The maximum absolute atomic E-state index is 14.2. The van der Waals surface area contributed by atoms with Gasteiger partial charge < -0.3 is 5.32 Å². The summed E-state index contributed by atoms with van der Waals surface area (Å²) in [5, 5.41) is 3.31. The van der Waals surface area contributed by atoms with Crippen LogP contribution in [0.25, 0.3) is 17.0 Å². The van der Waals surface area contributed by atoms with Gasteiger partial charge in [0, 0.05) is 6.20 Å². The van der Waals surface area contributed by atoms with E-state index in [1.54, 1.807) is 0 Å². The summed E-state index contributed by atoms with van der Waals surface area (Å²) >= 11 is 0. The number of aromatic nitrogens is 3. The SMILES string of the molecule is CC1(c2ccc3ncc(-c4cccc(N[C@H]5CCCC[C@@H]5F)n4)n3c2)CC1. The highest BCUT2D eigenvalue weighted by Crippen LogP contribution is 2.47. The van der Waals surface area contributed by atoms with Gasteiger partial charge in [-0.3, -0.25) is 4.40 Å². The van der Waals surface area contributed by atoms with Gasteiger partial charge in [0.25, 0.3) is 0 Å². The molecule has 0 aliphatic heterocycles. The first-order valence-electron chi connectivity index (χ1n) is 9.98. The van der Waals surface area contributed by atoms with Crippen LogP contribution in [0.15, 0.2) is 42.7 Å². The number of hydrogen-bond donors (Lipinski definition) is 1. The van der Waals surface area contributed by atoms with Crippen LogP contribution in [-0.4, -0.2) is 26.6 Å². The Morgan fingerprint density at radius 1 is 1.15 bits per heavy atom. The molecule has 5 rings (SSSR count). The smallest absolute Gasteiger partial charge is 0.137 e. The van der Waals surface area contributed by atoms with Gasteiger partial charge in [0.1, 0.15) is 17.6 Å². The molecule has 0 amide bonds. The molecule has 2 fully saturated rings. The molecule has 1 N–H and O–H groups in total. The lowest BCUT2D eigenvalue weighted by Crippen LogP contribution is -2.33. The zero-order valence-electron chi connectivity index (χ0n) is 15.7. The lowest BCUT2D eigenvalue weighted by atomic mass is 9.94. The van der Waals surface area contributed by atoms with Gasteiger partial charge in [0.15, 0.2) is 0 Å². The van der Waals surface area contributed by atoms with Crippen LogP contribution in [0.4, 0.5) is 10.2 Å². The second-order valence-electron chi connectivity index (χ2n) is 8.31. The zero-order chi connectivity index (χ0) is 18.4.